The van der Waals surface area contributed by atoms with Crippen molar-refractivity contribution >= 4 is 12.0 Å². The van der Waals surface area contributed by atoms with Gasteiger partial charge in [0, 0.05) is 7.05 Å². The van der Waals surface area contributed by atoms with Gasteiger partial charge in [-0.05, 0) is 12.8 Å². The lowest BCUT2D eigenvalue weighted by molar-refractivity contribution is -0.140. The molecule has 0 radical (unpaired) electrons. The number of hydrogen-bond donors (Lipinski definition) is 2. The van der Waals surface area contributed by atoms with Gasteiger partial charge in [-0.1, -0.05) is 19.3 Å². The number of carboxylic acids is 1. The molecule has 0 aliphatic heterocycles. The normalized spacial score (nSPS) is 19.5. The smallest absolute Gasteiger partial charge is 0.314 e. The molecule has 0 aromatic heterocycles. The molecule has 0 saturated heterocycles. The predicted molar refractivity (Wildman–Crippen MR) is 55.4 cm³/mol. The molecule has 0 heterocycles. The molecule has 0 bridgehead atoms. The molecular formula is C10H18N2O3. The Morgan fingerprint density at radius 3 is 2.27 bits per heavy atom. The average molecular weight is 214 g/mol. The summed E-state index contributed by atoms with van der Waals surface area (Å²) in [6.45, 7) is 0. The number of amides is 2. The van der Waals surface area contributed by atoms with Crippen LogP contribution >= 0.6 is 0 Å². The molecule has 15 heavy (non-hydrogen) atoms. The van der Waals surface area contributed by atoms with Crippen LogP contribution in [0.15, 0.2) is 0 Å². The number of aliphatic carboxylic acids is 1. The van der Waals surface area contributed by atoms with Gasteiger partial charge in [-0.25, -0.2) is 4.79 Å². The van der Waals surface area contributed by atoms with Crippen LogP contribution in [0.4, 0.5) is 4.79 Å². The third-order valence-electron chi connectivity index (χ3n) is 3.31. The van der Waals surface area contributed by atoms with Crippen LogP contribution in [-0.2, 0) is 4.79 Å². The zero-order valence-electron chi connectivity index (χ0n) is 9.03. The second-order valence-corrected chi connectivity index (χ2v) is 4.25. The zero-order chi connectivity index (χ0) is 11.5. The lowest BCUT2D eigenvalue weighted by Gasteiger charge is -2.42. The van der Waals surface area contributed by atoms with Crippen LogP contribution in [0.2, 0.25) is 0 Å². The summed E-state index contributed by atoms with van der Waals surface area (Å²) in [4.78, 5) is 23.4. The summed E-state index contributed by atoms with van der Waals surface area (Å²) in [5.74, 6) is -0.870. The minimum Gasteiger partial charge on any atom is -0.481 e. The van der Waals surface area contributed by atoms with E-state index >= 15 is 0 Å². The number of carboxylic acid groups (broad SMARTS) is 1. The van der Waals surface area contributed by atoms with Crippen molar-refractivity contribution in [2.24, 2.45) is 5.73 Å². The van der Waals surface area contributed by atoms with Crippen molar-refractivity contribution in [3.63, 3.8) is 0 Å². The van der Waals surface area contributed by atoms with Gasteiger partial charge in [-0.15, -0.1) is 0 Å². The third kappa shape index (κ3) is 2.61. The number of carbonyl (C=O) groups excluding carboxylic acids is 1. The fourth-order valence-corrected chi connectivity index (χ4v) is 2.36. The average Bonchev–Trinajstić information content (AvgIpc) is 2.16. The second-order valence-electron chi connectivity index (χ2n) is 4.25. The quantitative estimate of drug-likeness (QED) is 0.739. The monoisotopic (exact) mass is 214 g/mol. The van der Waals surface area contributed by atoms with Crippen LogP contribution in [0.3, 0.4) is 0 Å². The number of nitrogens with zero attached hydrogens (tertiary/aromatic N) is 1. The molecule has 1 saturated carbocycles. The van der Waals surface area contributed by atoms with Gasteiger partial charge >= 0.3 is 12.0 Å². The Labute approximate surface area is 89.2 Å². The largest absolute Gasteiger partial charge is 0.481 e. The molecule has 1 aliphatic carbocycles. The molecule has 0 atom stereocenters. The van der Waals surface area contributed by atoms with Crippen LogP contribution in [0.1, 0.15) is 38.5 Å². The van der Waals surface area contributed by atoms with E-state index in [9.17, 15) is 9.59 Å². The van der Waals surface area contributed by atoms with Gasteiger partial charge in [-0.2, -0.15) is 0 Å². The Kier molecular flexibility index (Phi) is 3.55. The molecule has 0 spiro atoms. The van der Waals surface area contributed by atoms with Crippen molar-refractivity contribution in [3.05, 3.63) is 0 Å². The van der Waals surface area contributed by atoms with Crippen LogP contribution in [0, 0.1) is 0 Å². The van der Waals surface area contributed by atoms with Gasteiger partial charge in [0.25, 0.3) is 0 Å². The second kappa shape index (κ2) is 4.51. The summed E-state index contributed by atoms with van der Waals surface area (Å²) < 4.78 is 0. The van der Waals surface area contributed by atoms with E-state index in [0.29, 0.717) is 0 Å². The summed E-state index contributed by atoms with van der Waals surface area (Å²) in [7, 11) is 1.59. The maximum Gasteiger partial charge on any atom is 0.314 e. The highest BCUT2D eigenvalue weighted by Crippen LogP contribution is 2.35. The van der Waals surface area contributed by atoms with Crippen molar-refractivity contribution in [1.29, 1.82) is 0 Å². The highest BCUT2D eigenvalue weighted by Gasteiger charge is 2.39. The number of rotatable bonds is 3. The minimum atomic E-state index is -0.870. The number of primary amides is 1. The molecule has 86 valence electrons. The van der Waals surface area contributed by atoms with E-state index in [1.807, 2.05) is 0 Å². The summed E-state index contributed by atoms with van der Waals surface area (Å²) in [5, 5.41) is 8.88. The number of carbonyl (C=O) groups is 2. The van der Waals surface area contributed by atoms with E-state index in [-0.39, 0.29) is 6.42 Å². The molecule has 3 N–H and O–H groups in total. The molecule has 0 unspecified atom stereocenters. The number of nitrogens with two attached hydrogens (primary N) is 1. The molecule has 5 heteroatoms. The molecule has 5 nitrogen and oxygen atoms in total. The predicted octanol–water partition coefficient (Wildman–Crippen LogP) is 1.17. The lowest BCUT2D eigenvalue weighted by atomic mass is 9.78. The zero-order valence-corrected chi connectivity index (χ0v) is 9.03. The molecule has 1 aliphatic rings. The van der Waals surface area contributed by atoms with Crippen LogP contribution in [-0.4, -0.2) is 34.6 Å². The van der Waals surface area contributed by atoms with Gasteiger partial charge in [0.1, 0.15) is 0 Å². The van der Waals surface area contributed by atoms with Crippen molar-refractivity contribution in [2.45, 2.75) is 44.1 Å². The van der Waals surface area contributed by atoms with Crippen LogP contribution in [0.5, 0.6) is 0 Å². The Bertz CT molecular complexity index is 259. The SMILES string of the molecule is CN(C(N)=O)C1(CC(=O)O)CCCCC1. The van der Waals surface area contributed by atoms with E-state index in [1.54, 1.807) is 7.05 Å². The molecule has 1 fully saturated rings. The van der Waals surface area contributed by atoms with Gasteiger partial charge in [0.05, 0.1) is 12.0 Å². The molecular weight excluding hydrogens is 196 g/mol. The Morgan fingerprint density at radius 1 is 1.33 bits per heavy atom. The first-order valence-electron chi connectivity index (χ1n) is 5.23. The van der Waals surface area contributed by atoms with Gasteiger partial charge in [0.2, 0.25) is 0 Å². The van der Waals surface area contributed by atoms with Crippen molar-refractivity contribution in [2.75, 3.05) is 7.05 Å². The van der Waals surface area contributed by atoms with Gasteiger partial charge in [0.15, 0.2) is 0 Å². The minimum absolute atomic E-state index is 0.00750. The maximum atomic E-state index is 11.1. The van der Waals surface area contributed by atoms with Crippen molar-refractivity contribution in [1.82, 2.24) is 4.90 Å². The van der Waals surface area contributed by atoms with Crippen LogP contribution in [0.25, 0.3) is 0 Å². The fourth-order valence-electron chi connectivity index (χ4n) is 2.36. The number of hydrogen-bond acceptors (Lipinski definition) is 2. The summed E-state index contributed by atoms with van der Waals surface area (Å²) in [6, 6.07) is -0.543. The van der Waals surface area contributed by atoms with E-state index in [1.165, 1.54) is 4.90 Å². The van der Waals surface area contributed by atoms with Gasteiger partial charge < -0.3 is 15.7 Å². The maximum absolute atomic E-state index is 11.1. The molecule has 1 rings (SSSR count). The molecule has 0 aromatic carbocycles. The first-order valence-corrected chi connectivity index (χ1v) is 5.23. The summed E-state index contributed by atoms with van der Waals surface area (Å²) >= 11 is 0. The Balaban J connectivity index is 2.83. The van der Waals surface area contributed by atoms with Crippen LogP contribution < -0.4 is 5.73 Å². The van der Waals surface area contributed by atoms with Crippen molar-refractivity contribution in [3.8, 4) is 0 Å². The highest BCUT2D eigenvalue weighted by atomic mass is 16.4. The summed E-state index contributed by atoms with van der Waals surface area (Å²) in [5.41, 5.74) is 4.66. The molecule has 2 amide bonds. The topological polar surface area (TPSA) is 83.6 Å². The lowest BCUT2D eigenvalue weighted by Crippen LogP contribution is -2.53. The highest BCUT2D eigenvalue weighted by molar-refractivity contribution is 5.75. The van der Waals surface area contributed by atoms with Gasteiger partial charge in [-0.3, -0.25) is 4.79 Å². The third-order valence-corrected chi connectivity index (χ3v) is 3.31. The standard InChI is InChI=1S/C10H18N2O3/c1-12(9(11)15)10(7-8(13)14)5-3-2-4-6-10/h2-7H2,1H3,(H2,11,15)(H,13,14). The van der Waals surface area contributed by atoms with E-state index in [0.717, 1.165) is 32.1 Å². The first-order chi connectivity index (χ1) is 6.98. The Morgan fingerprint density at radius 2 is 1.87 bits per heavy atom. The van der Waals surface area contributed by atoms with E-state index in [2.05, 4.69) is 0 Å². The fraction of sp³-hybridized carbons (Fsp3) is 0.800. The first kappa shape index (κ1) is 11.8. The Hall–Kier alpha value is -1.26. The van der Waals surface area contributed by atoms with E-state index in [4.69, 9.17) is 10.8 Å². The van der Waals surface area contributed by atoms with E-state index < -0.39 is 17.5 Å². The molecule has 0 aromatic rings. The summed E-state index contributed by atoms with van der Waals surface area (Å²) in [6.07, 6.45) is 4.49. The van der Waals surface area contributed by atoms with Crippen molar-refractivity contribution < 1.29 is 14.7 Å². The number of urea groups is 1.